The maximum absolute atomic E-state index is 11.8. The third-order valence-corrected chi connectivity index (χ3v) is 4.81. The van der Waals surface area contributed by atoms with Gasteiger partial charge >= 0.3 is 0 Å². The Morgan fingerprint density at radius 3 is 2.68 bits per heavy atom. The summed E-state index contributed by atoms with van der Waals surface area (Å²) in [5.74, 6) is 1.63. The van der Waals surface area contributed by atoms with Gasteiger partial charge in [-0.1, -0.05) is 36.7 Å². The van der Waals surface area contributed by atoms with E-state index >= 15 is 0 Å². The Morgan fingerprint density at radius 2 is 2.16 bits per heavy atom. The lowest BCUT2D eigenvalue weighted by Crippen LogP contribution is -2.54. The second kappa shape index (κ2) is 5.28. The number of benzene rings is 1. The first kappa shape index (κ1) is 14.6. The molecule has 0 aromatic heterocycles. The lowest BCUT2D eigenvalue weighted by Gasteiger charge is -2.44. The number of hydrogen-bond acceptors (Lipinski definition) is 2. The van der Waals surface area contributed by atoms with Gasteiger partial charge in [-0.15, -0.1) is 0 Å². The van der Waals surface area contributed by atoms with Crippen molar-refractivity contribution >= 4 is 21.7 Å². The van der Waals surface area contributed by atoms with Crippen LogP contribution in [0.25, 0.3) is 0 Å². The Morgan fingerprint density at radius 1 is 1.47 bits per heavy atom. The fourth-order valence-electron chi connectivity index (χ4n) is 2.50. The summed E-state index contributed by atoms with van der Waals surface area (Å²) < 4.78 is 7.19. The van der Waals surface area contributed by atoms with Crippen LogP contribution in [0, 0.1) is 5.41 Å². The first-order valence-electron chi connectivity index (χ1n) is 6.88. The average molecular weight is 325 g/mol. The van der Waals surface area contributed by atoms with Crippen molar-refractivity contribution in [3.8, 4) is 5.75 Å². The van der Waals surface area contributed by atoms with E-state index < -0.39 is 0 Å². The molecule has 0 amide bonds. The van der Waals surface area contributed by atoms with Gasteiger partial charge in [0.15, 0.2) is 0 Å². The summed E-state index contributed by atoms with van der Waals surface area (Å²) in [6.45, 7) is 8.37. The molecule has 19 heavy (non-hydrogen) atoms. The van der Waals surface area contributed by atoms with Crippen LogP contribution >= 0.6 is 15.9 Å². The van der Waals surface area contributed by atoms with Gasteiger partial charge in [-0.3, -0.25) is 4.79 Å². The van der Waals surface area contributed by atoms with Crippen molar-refractivity contribution in [1.29, 1.82) is 0 Å². The molecule has 0 saturated heterocycles. The summed E-state index contributed by atoms with van der Waals surface area (Å²) in [5, 5.41) is 0. The monoisotopic (exact) mass is 324 g/mol. The van der Waals surface area contributed by atoms with Gasteiger partial charge in [0.05, 0.1) is 5.41 Å². The lowest BCUT2D eigenvalue weighted by atomic mass is 9.64. The maximum Gasteiger partial charge on any atom is 0.146 e. The summed E-state index contributed by atoms with van der Waals surface area (Å²) >= 11 is 3.50. The largest absolute Gasteiger partial charge is 0.489 e. The minimum absolute atomic E-state index is 0.0173. The SMILES string of the molecule is CCC1(C)C(=O)CC1Oc1ccc(Br)cc1C(C)C. The molecule has 2 atom stereocenters. The fraction of sp³-hybridized carbons (Fsp3) is 0.562. The third kappa shape index (κ3) is 2.58. The van der Waals surface area contributed by atoms with Crippen molar-refractivity contribution in [2.24, 2.45) is 5.41 Å². The van der Waals surface area contributed by atoms with Crippen LogP contribution in [-0.4, -0.2) is 11.9 Å². The zero-order chi connectivity index (χ0) is 14.2. The van der Waals surface area contributed by atoms with Gasteiger partial charge in [0, 0.05) is 10.9 Å². The molecule has 2 unspecified atom stereocenters. The van der Waals surface area contributed by atoms with Gasteiger partial charge in [-0.25, -0.2) is 0 Å². The Labute approximate surface area is 123 Å². The van der Waals surface area contributed by atoms with Gasteiger partial charge in [-0.2, -0.15) is 0 Å². The van der Waals surface area contributed by atoms with Gasteiger partial charge < -0.3 is 4.74 Å². The maximum atomic E-state index is 11.8. The topological polar surface area (TPSA) is 26.3 Å². The van der Waals surface area contributed by atoms with Crippen molar-refractivity contribution < 1.29 is 9.53 Å². The predicted molar refractivity (Wildman–Crippen MR) is 80.7 cm³/mol. The molecule has 2 nitrogen and oxygen atoms in total. The van der Waals surface area contributed by atoms with E-state index in [-0.39, 0.29) is 11.5 Å². The number of halogens is 1. The number of ketones is 1. The number of ether oxygens (including phenoxy) is 1. The zero-order valence-electron chi connectivity index (χ0n) is 12.0. The number of hydrogen-bond donors (Lipinski definition) is 0. The molecule has 3 heteroatoms. The molecule has 104 valence electrons. The minimum Gasteiger partial charge on any atom is -0.489 e. The normalized spacial score (nSPS) is 26.4. The molecule has 0 radical (unpaired) electrons. The first-order valence-corrected chi connectivity index (χ1v) is 7.67. The van der Waals surface area contributed by atoms with E-state index in [0.717, 1.165) is 16.6 Å². The highest BCUT2D eigenvalue weighted by Gasteiger charge is 2.51. The van der Waals surface area contributed by atoms with E-state index in [1.165, 1.54) is 5.56 Å². The Bertz CT molecular complexity index is 496. The van der Waals surface area contributed by atoms with Crippen LogP contribution in [0.4, 0.5) is 0 Å². The van der Waals surface area contributed by atoms with Gasteiger partial charge in [0.2, 0.25) is 0 Å². The Balaban J connectivity index is 2.23. The molecule has 1 saturated carbocycles. The van der Waals surface area contributed by atoms with Crippen LogP contribution in [0.2, 0.25) is 0 Å². The standard InChI is InChI=1S/C16H21BrO2/c1-5-16(4)14(18)9-15(16)19-13-7-6-11(17)8-12(13)10(2)3/h6-8,10,15H,5,9H2,1-4H3. The van der Waals surface area contributed by atoms with Crippen molar-refractivity contribution in [2.75, 3.05) is 0 Å². The molecule has 1 aromatic carbocycles. The first-order chi connectivity index (χ1) is 8.88. The minimum atomic E-state index is -0.304. The molecule has 0 heterocycles. The van der Waals surface area contributed by atoms with Crippen molar-refractivity contribution in [3.63, 3.8) is 0 Å². The smallest absolute Gasteiger partial charge is 0.146 e. The van der Waals surface area contributed by atoms with E-state index in [9.17, 15) is 4.79 Å². The highest BCUT2D eigenvalue weighted by molar-refractivity contribution is 9.10. The van der Waals surface area contributed by atoms with Crippen LogP contribution in [0.1, 0.15) is 52.0 Å². The quantitative estimate of drug-likeness (QED) is 0.801. The molecule has 0 spiro atoms. The van der Waals surface area contributed by atoms with Gasteiger partial charge in [0.25, 0.3) is 0 Å². The molecular formula is C16H21BrO2. The van der Waals surface area contributed by atoms with Crippen LogP contribution in [0.3, 0.4) is 0 Å². The molecule has 1 aromatic rings. The highest BCUT2D eigenvalue weighted by Crippen LogP contribution is 2.43. The number of rotatable bonds is 4. The number of Topliss-reactive ketones (excluding diaryl/α,β-unsaturated/α-hetero) is 1. The highest BCUT2D eigenvalue weighted by atomic mass is 79.9. The van der Waals surface area contributed by atoms with Crippen LogP contribution in [0.5, 0.6) is 5.75 Å². The fourth-order valence-corrected chi connectivity index (χ4v) is 2.88. The lowest BCUT2D eigenvalue weighted by molar-refractivity contribution is -0.150. The van der Waals surface area contributed by atoms with Crippen LogP contribution in [-0.2, 0) is 4.79 Å². The van der Waals surface area contributed by atoms with E-state index in [1.54, 1.807) is 0 Å². The van der Waals surface area contributed by atoms with Crippen LogP contribution in [0.15, 0.2) is 22.7 Å². The van der Waals surface area contributed by atoms with E-state index in [4.69, 9.17) is 4.74 Å². The van der Waals surface area contributed by atoms with E-state index in [0.29, 0.717) is 18.1 Å². The summed E-state index contributed by atoms with van der Waals surface area (Å²) in [5.41, 5.74) is 0.883. The molecule has 1 aliphatic carbocycles. The van der Waals surface area contributed by atoms with Crippen molar-refractivity contribution in [1.82, 2.24) is 0 Å². The molecule has 1 fully saturated rings. The molecule has 2 rings (SSSR count). The molecule has 0 bridgehead atoms. The van der Waals surface area contributed by atoms with E-state index in [1.807, 2.05) is 19.1 Å². The molecule has 1 aliphatic rings. The Hall–Kier alpha value is -0.830. The van der Waals surface area contributed by atoms with Gasteiger partial charge in [-0.05, 0) is 43.0 Å². The number of carbonyl (C=O) groups is 1. The summed E-state index contributed by atoms with van der Waals surface area (Å²) in [7, 11) is 0. The van der Waals surface area contributed by atoms with Crippen molar-refractivity contribution in [3.05, 3.63) is 28.2 Å². The zero-order valence-corrected chi connectivity index (χ0v) is 13.6. The van der Waals surface area contributed by atoms with E-state index in [2.05, 4.69) is 42.8 Å². The molecule has 0 aliphatic heterocycles. The summed E-state index contributed by atoms with van der Waals surface area (Å²) in [4.78, 5) is 11.8. The number of carbonyl (C=O) groups excluding carboxylic acids is 1. The summed E-state index contributed by atoms with van der Waals surface area (Å²) in [6, 6.07) is 6.09. The second-order valence-electron chi connectivity index (χ2n) is 5.84. The third-order valence-electron chi connectivity index (χ3n) is 4.32. The summed E-state index contributed by atoms with van der Waals surface area (Å²) in [6.07, 6.45) is 1.39. The van der Waals surface area contributed by atoms with Gasteiger partial charge in [0.1, 0.15) is 17.6 Å². The predicted octanol–water partition coefficient (Wildman–Crippen LogP) is 4.71. The average Bonchev–Trinajstić information content (AvgIpc) is 2.38. The van der Waals surface area contributed by atoms with Crippen molar-refractivity contribution in [2.45, 2.75) is 52.6 Å². The molecule has 0 N–H and O–H groups in total. The molecular weight excluding hydrogens is 304 g/mol. The van der Waals surface area contributed by atoms with Crippen LogP contribution < -0.4 is 4.74 Å². The Kier molecular flexibility index (Phi) is 4.05. The second-order valence-corrected chi connectivity index (χ2v) is 6.76.